The van der Waals surface area contributed by atoms with Crippen LogP contribution < -0.4 is 0 Å². The van der Waals surface area contributed by atoms with Gasteiger partial charge in [0.2, 0.25) is 0 Å². The Morgan fingerprint density at radius 1 is 0.833 bits per heavy atom. The van der Waals surface area contributed by atoms with E-state index in [0.717, 1.165) is 24.0 Å². The summed E-state index contributed by atoms with van der Waals surface area (Å²) in [5.74, 6) is 0.472. The first-order valence-corrected chi connectivity index (χ1v) is 8.91. The minimum atomic E-state index is -0.0446. The number of benzene rings is 2. The zero-order valence-electron chi connectivity index (χ0n) is 16.3. The van der Waals surface area contributed by atoms with Gasteiger partial charge >= 0.3 is 0 Å². The normalized spacial score (nSPS) is 12.5. The van der Waals surface area contributed by atoms with Crippen LogP contribution in [0.15, 0.2) is 36.4 Å². The SMILES string of the molecule is Cc1cc(CCc2cccc(C(C)(C)C)c2)c(O)c(C(C)(C)C)c1. The molecule has 0 unspecified atom stereocenters. The van der Waals surface area contributed by atoms with E-state index >= 15 is 0 Å². The van der Waals surface area contributed by atoms with Crippen LogP contribution in [0.1, 0.15) is 69.4 Å². The third-order valence-corrected chi connectivity index (χ3v) is 4.62. The molecule has 2 rings (SSSR count). The molecule has 0 aliphatic heterocycles. The van der Waals surface area contributed by atoms with Gasteiger partial charge in [0.25, 0.3) is 0 Å². The van der Waals surface area contributed by atoms with Gasteiger partial charge in [-0.05, 0) is 52.8 Å². The standard InChI is InChI=1S/C23H32O/c1-16-13-18(21(24)20(14-16)23(5,6)7)12-11-17-9-8-10-19(15-17)22(2,3)4/h8-10,13-15,24H,11-12H2,1-7H3. The molecule has 0 heterocycles. The van der Waals surface area contributed by atoms with Crippen LogP contribution in [0.2, 0.25) is 0 Å². The predicted octanol–water partition coefficient (Wildman–Crippen LogP) is 6.08. The number of hydrogen-bond acceptors (Lipinski definition) is 1. The van der Waals surface area contributed by atoms with E-state index in [1.54, 1.807) is 0 Å². The number of phenolic OH excluding ortho intramolecular Hbond substituents is 1. The van der Waals surface area contributed by atoms with E-state index in [4.69, 9.17) is 0 Å². The minimum Gasteiger partial charge on any atom is -0.507 e. The Kier molecular flexibility index (Phi) is 5.13. The van der Waals surface area contributed by atoms with Crippen LogP contribution in [0.25, 0.3) is 0 Å². The number of hydrogen-bond donors (Lipinski definition) is 1. The summed E-state index contributed by atoms with van der Waals surface area (Å²) < 4.78 is 0. The molecule has 2 aromatic carbocycles. The number of aromatic hydroxyl groups is 1. The molecule has 1 heteroatoms. The van der Waals surface area contributed by atoms with Crippen LogP contribution in [-0.4, -0.2) is 5.11 Å². The van der Waals surface area contributed by atoms with Crippen molar-refractivity contribution in [2.24, 2.45) is 0 Å². The fourth-order valence-corrected chi connectivity index (χ4v) is 3.09. The van der Waals surface area contributed by atoms with Crippen molar-refractivity contribution in [3.8, 4) is 5.75 Å². The van der Waals surface area contributed by atoms with Gasteiger partial charge in [0, 0.05) is 0 Å². The second-order valence-corrected chi connectivity index (χ2v) is 9.02. The maximum atomic E-state index is 10.7. The quantitative estimate of drug-likeness (QED) is 0.725. The first-order valence-electron chi connectivity index (χ1n) is 8.91. The molecule has 0 bridgehead atoms. The van der Waals surface area contributed by atoms with Gasteiger partial charge in [-0.2, -0.15) is 0 Å². The van der Waals surface area contributed by atoms with E-state index in [-0.39, 0.29) is 10.8 Å². The average Bonchev–Trinajstić information content (AvgIpc) is 2.46. The second-order valence-electron chi connectivity index (χ2n) is 9.02. The van der Waals surface area contributed by atoms with Gasteiger partial charge in [-0.3, -0.25) is 0 Å². The number of aryl methyl sites for hydroxylation is 3. The Bertz CT molecular complexity index is 712. The molecule has 1 nitrogen and oxygen atoms in total. The molecular weight excluding hydrogens is 292 g/mol. The van der Waals surface area contributed by atoms with Crippen molar-refractivity contribution in [3.05, 3.63) is 64.2 Å². The molecule has 0 atom stereocenters. The molecular formula is C23H32O. The van der Waals surface area contributed by atoms with Gasteiger partial charge in [0.15, 0.2) is 0 Å². The third kappa shape index (κ3) is 4.41. The maximum absolute atomic E-state index is 10.7. The fraction of sp³-hybridized carbons (Fsp3) is 0.478. The molecule has 130 valence electrons. The average molecular weight is 325 g/mol. The molecule has 1 N–H and O–H groups in total. The minimum absolute atomic E-state index is 0.0446. The molecule has 0 saturated heterocycles. The summed E-state index contributed by atoms with van der Waals surface area (Å²) in [5.41, 5.74) is 6.14. The van der Waals surface area contributed by atoms with Gasteiger partial charge in [0.05, 0.1) is 0 Å². The predicted molar refractivity (Wildman–Crippen MR) is 104 cm³/mol. The van der Waals surface area contributed by atoms with Crippen molar-refractivity contribution in [3.63, 3.8) is 0 Å². The van der Waals surface area contributed by atoms with Gasteiger partial charge in [0.1, 0.15) is 5.75 Å². The summed E-state index contributed by atoms with van der Waals surface area (Å²) >= 11 is 0. The highest BCUT2D eigenvalue weighted by Crippen LogP contribution is 2.35. The van der Waals surface area contributed by atoms with Crippen molar-refractivity contribution >= 4 is 0 Å². The van der Waals surface area contributed by atoms with Crippen LogP contribution in [0.3, 0.4) is 0 Å². The van der Waals surface area contributed by atoms with Crippen LogP contribution in [-0.2, 0) is 23.7 Å². The van der Waals surface area contributed by atoms with E-state index < -0.39 is 0 Å². The molecule has 0 amide bonds. The highest BCUT2D eigenvalue weighted by atomic mass is 16.3. The first kappa shape index (κ1) is 18.6. The summed E-state index contributed by atoms with van der Waals surface area (Å²) in [6, 6.07) is 13.1. The van der Waals surface area contributed by atoms with E-state index in [1.807, 2.05) is 0 Å². The molecule has 0 fully saturated rings. The van der Waals surface area contributed by atoms with Crippen molar-refractivity contribution in [2.45, 2.75) is 72.1 Å². The van der Waals surface area contributed by atoms with Crippen molar-refractivity contribution in [2.75, 3.05) is 0 Å². The van der Waals surface area contributed by atoms with Crippen molar-refractivity contribution in [1.29, 1.82) is 0 Å². The summed E-state index contributed by atoms with van der Waals surface area (Å²) in [7, 11) is 0. The summed E-state index contributed by atoms with van der Waals surface area (Å²) in [6.45, 7) is 15.3. The molecule has 0 aliphatic rings. The lowest BCUT2D eigenvalue weighted by Gasteiger charge is -2.23. The molecule has 2 aromatic rings. The Labute approximate surface area is 147 Å². The lowest BCUT2D eigenvalue weighted by molar-refractivity contribution is 0.440. The summed E-state index contributed by atoms with van der Waals surface area (Å²) in [4.78, 5) is 0. The van der Waals surface area contributed by atoms with Gasteiger partial charge in [-0.1, -0.05) is 83.5 Å². The van der Waals surface area contributed by atoms with Gasteiger partial charge in [-0.25, -0.2) is 0 Å². The van der Waals surface area contributed by atoms with E-state index in [1.165, 1.54) is 16.7 Å². The zero-order valence-corrected chi connectivity index (χ0v) is 16.3. The summed E-state index contributed by atoms with van der Waals surface area (Å²) in [6.07, 6.45) is 1.81. The lowest BCUT2D eigenvalue weighted by atomic mass is 9.83. The van der Waals surface area contributed by atoms with Crippen molar-refractivity contribution < 1.29 is 5.11 Å². The lowest BCUT2D eigenvalue weighted by Crippen LogP contribution is -2.13. The highest BCUT2D eigenvalue weighted by molar-refractivity contribution is 5.47. The zero-order chi connectivity index (χ0) is 18.1. The molecule has 0 aliphatic carbocycles. The number of rotatable bonds is 3. The topological polar surface area (TPSA) is 20.2 Å². The largest absolute Gasteiger partial charge is 0.507 e. The molecule has 24 heavy (non-hydrogen) atoms. The van der Waals surface area contributed by atoms with Crippen LogP contribution in [0, 0.1) is 6.92 Å². The number of phenols is 1. The fourth-order valence-electron chi connectivity index (χ4n) is 3.09. The third-order valence-electron chi connectivity index (χ3n) is 4.62. The van der Waals surface area contributed by atoms with Crippen LogP contribution >= 0.6 is 0 Å². The Morgan fingerprint density at radius 3 is 2.08 bits per heavy atom. The monoisotopic (exact) mass is 324 g/mol. The highest BCUT2D eigenvalue weighted by Gasteiger charge is 2.20. The Hall–Kier alpha value is -1.76. The summed E-state index contributed by atoms with van der Waals surface area (Å²) in [5, 5.41) is 10.7. The van der Waals surface area contributed by atoms with E-state index in [2.05, 4.69) is 84.9 Å². The van der Waals surface area contributed by atoms with Gasteiger partial charge in [-0.15, -0.1) is 0 Å². The second kappa shape index (κ2) is 6.63. The van der Waals surface area contributed by atoms with E-state index in [0.29, 0.717) is 5.75 Å². The van der Waals surface area contributed by atoms with Crippen molar-refractivity contribution in [1.82, 2.24) is 0 Å². The smallest absolute Gasteiger partial charge is 0.122 e. The molecule has 0 saturated carbocycles. The maximum Gasteiger partial charge on any atom is 0.122 e. The Morgan fingerprint density at radius 2 is 1.50 bits per heavy atom. The van der Waals surface area contributed by atoms with E-state index in [9.17, 15) is 5.11 Å². The first-order chi connectivity index (χ1) is 11.0. The molecule has 0 aromatic heterocycles. The van der Waals surface area contributed by atoms with Gasteiger partial charge < -0.3 is 5.11 Å². The Balaban J connectivity index is 2.26. The van der Waals surface area contributed by atoms with Crippen LogP contribution in [0.4, 0.5) is 0 Å². The molecule has 0 spiro atoms. The van der Waals surface area contributed by atoms with Crippen LogP contribution in [0.5, 0.6) is 5.75 Å². The molecule has 0 radical (unpaired) electrons.